The number of aromatic nitrogens is 1. The minimum atomic E-state index is -3.71. The Bertz CT molecular complexity index is 1090. The van der Waals surface area contributed by atoms with Gasteiger partial charge in [-0.2, -0.15) is 0 Å². The van der Waals surface area contributed by atoms with Crippen molar-refractivity contribution in [1.82, 2.24) is 15.2 Å². The quantitative estimate of drug-likeness (QED) is 0.300. The van der Waals surface area contributed by atoms with Crippen LogP contribution in [-0.2, 0) is 23.1 Å². The summed E-state index contributed by atoms with van der Waals surface area (Å²) in [5.74, 6) is 0.700. The van der Waals surface area contributed by atoms with Crippen LogP contribution < -0.4 is 15.8 Å². The molecule has 0 saturated heterocycles. The Morgan fingerprint density at radius 2 is 1.93 bits per heavy atom. The van der Waals surface area contributed by atoms with Crippen LogP contribution in [0.25, 0.3) is 10.9 Å². The molecule has 29 heavy (non-hydrogen) atoms. The number of rotatable bonds is 8. The van der Waals surface area contributed by atoms with Crippen molar-refractivity contribution in [3.8, 4) is 0 Å². The number of hydrogen-bond donors (Lipinski definition) is 3. The van der Waals surface area contributed by atoms with Crippen molar-refractivity contribution in [3.63, 3.8) is 0 Å². The number of aryl methyl sites for hydroxylation is 1. The van der Waals surface area contributed by atoms with Gasteiger partial charge >= 0.3 is 0 Å². The lowest BCUT2D eigenvalue weighted by Gasteiger charge is -2.12. The molecule has 0 amide bonds. The molecule has 1 aromatic heterocycles. The number of nitrogens with zero attached hydrogens (tertiary/aromatic N) is 2. The summed E-state index contributed by atoms with van der Waals surface area (Å²) < 4.78 is 25.2. The van der Waals surface area contributed by atoms with Gasteiger partial charge in [-0.25, -0.2) is 18.5 Å². The summed E-state index contributed by atoms with van der Waals surface area (Å²) in [6, 6.07) is 17.0. The number of nitrogens with one attached hydrogen (secondary N) is 2. The SMILES string of the molecule is CCNC(=NCc1cccc(S(N)(=O)=O)c1)NCCCn1ccc2ccccc21. The molecular formula is C21H27N5O2S. The summed E-state index contributed by atoms with van der Waals surface area (Å²) >= 11 is 0. The van der Waals surface area contributed by atoms with Gasteiger partial charge in [-0.1, -0.05) is 30.3 Å². The summed E-state index contributed by atoms with van der Waals surface area (Å²) in [6.45, 7) is 4.79. The van der Waals surface area contributed by atoms with Gasteiger partial charge in [0.25, 0.3) is 0 Å². The molecule has 3 aromatic rings. The number of guanidine groups is 1. The highest BCUT2D eigenvalue weighted by atomic mass is 32.2. The molecule has 4 N–H and O–H groups in total. The summed E-state index contributed by atoms with van der Waals surface area (Å²) in [7, 11) is -3.71. The van der Waals surface area contributed by atoms with Gasteiger partial charge in [0, 0.05) is 31.3 Å². The number of aliphatic imine (C=N–C) groups is 1. The zero-order valence-corrected chi connectivity index (χ0v) is 17.3. The van der Waals surface area contributed by atoms with Crippen molar-refractivity contribution in [2.24, 2.45) is 10.1 Å². The van der Waals surface area contributed by atoms with Crippen LogP contribution in [0.1, 0.15) is 18.9 Å². The lowest BCUT2D eigenvalue weighted by atomic mass is 10.2. The Balaban J connectivity index is 1.56. The normalized spacial score (nSPS) is 12.3. The molecule has 8 heteroatoms. The van der Waals surface area contributed by atoms with E-state index in [0.717, 1.165) is 31.6 Å². The maximum atomic E-state index is 11.5. The van der Waals surface area contributed by atoms with Crippen LogP contribution in [0.5, 0.6) is 0 Å². The van der Waals surface area contributed by atoms with E-state index in [-0.39, 0.29) is 4.90 Å². The molecule has 7 nitrogen and oxygen atoms in total. The highest BCUT2D eigenvalue weighted by molar-refractivity contribution is 7.89. The number of hydrogen-bond acceptors (Lipinski definition) is 3. The van der Waals surface area contributed by atoms with Gasteiger partial charge in [-0.3, -0.25) is 0 Å². The molecule has 0 aliphatic rings. The molecular weight excluding hydrogens is 386 g/mol. The van der Waals surface area contributed by atoms with E-state index in [0.29, 0.717) is 12.5 Å². The molecule has 0 saturated carbocycles. The van der Waals surface area contributed by atoms with E-state index in [1.54, 1.807) is 12.1 Å². The van der Waals surface area contributed by atoms with Crippen molar-refractivity contribution in [2.75, 3.05) is 13.1 Å². The molecule has 0 aliphatic heterocycles. The summed E-state index contributed by atoms with van der Waals surface area (Å²) in [4.78, 5) is 4.64. The average Bonchev–Trinajstić information content (AvgIpc) is 3.12. The molecule has 0 aliphatic carbocycles. The first-order valence-electron chi connectivity index (χ1n) is 9.65. The highest BCUT2D eigenvalue weighted by Crippen LogP contribution is 2.15. The van der Waals surface area contributed by atoms with Crippen LogP contribution in [-0.4, -0.2) is 32.0 Å². The largest absolute Gasteiger partial charge is 0.357 e. The van der Waals surface area contributed by atoms with Crippen LogP contribution >= 0.6 is 0 Å². The third-order valence-electron chi connectivity index (χ3n) is 4.54. The van der Waals surface area contributed by atoms with Crippen LogP contribution in [0, 0.1) is 0 Å². The topological polar surface area (TPSA) is 102 Å². The van der Waals surface area contributed by atoms with Gasteiger partial charge in [0.1, 0.15) is 0 Å². The van der Waals surface area contributed by atoms with Gasteiger partial charge in [-0.05, 0) is 48.6 Å². The monoisotopic (exact) mass is 413 g/mol. The van der Waals surface area contributed by atoms with Crippen LogP contribution in [0.15, 0.2) is 70.7 Å². The van der Waals surface area contributed by atoms with Crippen molar-refractivity contribution >= 4 is 26.9 Å². The zero-order valence-electron chi connectivity index (χ0n) is 16.5. The maximum absolute atomic E-state index is 11.5. The van der Waals surface area contributed by atoms with Gasteiger partial charge in [0.2, 0.25) is 10.0 Å². The van der Waals surface area contributed by atoms with Crippen molar-refractivity contribution < 1.29 is 8.42 Å². The molecule has 0 unspecified atom stereocenters. The number of primary sulfonamides is 1. The number of sulfonamides is 1. The van der Waals surface area contributed by atoms with E-state index in [1.165, 1.54) is 17.0 Å². The summed E-state index contributed by atoms with van der Waals surface area (Å²) in [5, 5.41) is 13.0. The van der Waals surface area contributed by atoms with E-state index in [2.05, 4.69) is 50.7 Å². The van der Waals surface area contributed by atoms with Crippen LogP contribution in [0.2, 0.25) is 0 Å². The average molecular weight is 414 g/mol. The number of para-hydroxylation sites is 1. The molecule has 1 heterocycles. The first-order chi connectivity index (χ1) is 14.0. The zero-order chi connectivity index (χ0) is 20.7. The lowest BCUT2D eigenvalue weighted by molar-refractivity contribution is 0.597. The van der Waals surface area contributed by atoms with Gasteiger partial charge in [0.15, 0.2) is 5.96 Å². The van der Waals surface area contributed by atoms with E-state index >= 15 is 0 Å². The fourth-order valence-electron chi connectivity index (χ4n) is 3.12. The Morgan fingerprint density at radius 1 is 1.10 bits per heavy atom. The summed E-state index contributed by atoms with van der Waals surface area (Å²) in [6.07, 6.45) is 3.06. The van der Waals surface area contributed by atoms with Gasteiger partial charge in [0.05, 0.1) is 11.4 Å². The second-order valence-electron chi connectivity index (χ2n) is 6.74. The van der Waals surface area contributed by atoms with Crippen molar-refractivity contribution in [1.29, 1.82) is 0 Å². The third kappa shape index (κ3) is 5.82. The third-order valence-corrected chi connectivity index (χ3v) is 5.45. The van der Waals surface area contributed by atoms with Gasteiger partial charge < -0.3 is 15.2 Å². The fourth-order valence-corrected chi connectivity index (χ4v) is 3.71. The lowest BCUT2D eigenvalue weighted by Crippen LogP contribution is -2.38. The maximum Gasteiger partial charge on any atom is 0.238 e. The Labute approximate surface area is 171 Å². The van der Waals surface area contributed by atoms with Crippen LogP contribution in [0.3, 0.4) is 0 Å². The van der Waals surface area contributed by atoms with E-state index in [1.807, 2.05) is 19.1 Å². The second-order valence-corrected chi connectivity index (χ2v) is 8.30. The van der Waals surface area contributed by atoms with Crippen molar-refractivity contribution in [3.05, 3.63) is 66.4 Å². The molecule has 154 valence electrons. The smallest absolute Gasteiger partial charge is 0.238 e. The first-order valence-corrected chi connectivity index (χ1v) is 11.2. The Hall–Kier alpha value is -2.84. The molecule has 0 fully saturated rings. The van der Waals surface area contributed by atoms with Crippen LogP contribution in [0.4, 0.5) is 0 Å². The second kappa shape index (κ2) is 9.58. The van der Waals surface area contributed by atoms with E-state index in [9.17, 15) is 8.42 Å². The molecule has 0 bridgehead atoms. The molecule has 0 atom stereocenters. The van der Waals surface area contributed by atoms with E-state index < -0.39 is 10.0 Å². The minimum absolute atomic E-state index is 0.0992. The van der Waals surface area contributed by atoms with Crippen molar-refractivity contribution in [2.45, 2.75) is 31.3 Å². The molecule has 0 spiro atoms. The number of nitrogens with two attached hydrogens (primary N) is 1. The number of fused-ring (bicyclic) bond motifs is 1. The predicted molar refractivity (Wildman–Crippen MR) is 117 cm³/mol. The van der Waals surface area contributed by atoms with Gasteiger partial charge in [-0.15, -0.1) is 0 Å². The van der Waals surface area contributed by atoms with E-state index in [4.69, 9.17) is 5.14 Å². The summed E-state index contributed by atoms with van der Waals surface area (Å²) in [5.41, 5.74) is 2.02. The first kappa shape index (κ1) is 20.9. The molecule has 3 rings (SSSR count). The fraction of sp³-hybridized carbons (Fsp3) is 0.286. The molecule has 0 radical (unpaired) electrons. The predicted octanol–water partition coefficient (Wildman–Crippen LogP) is 2.43. The Morgan fingerprint density at radius 3 is 2.72 bits per heavy atom. The Kier molecular flexibility index (Phi) is 6.90. The molecule has 2 aromatic carbocycles. The standard InChI is InChI=1S/C21H27N5O2S/c1-2-23-21(25-16-17-7-5-9-19(15-17)29(22,27)28)24-12-6-13-26-14-11-18-8-3-4-10-20(18)26/h3-5,7-11,14-15H,2,6,12-13,16H2,1H3,(H2,22,27,28)(H2,23,24,25). The number of benzene rings is 2. The minimum Gasteiger partial charge on any atom is -0.357 e. The highest BCUT2D eigenvalue weighted by Gasteiger charge is 2.08.